The van der Waals surface area contributed by atoms with Crippen molar-refractivity contribution in [2.45, 2.75) is 86.2 Å². The molecule has 1 fully saturated rings. The fourth-order valence-corrected chi connectivity index (χ4v) is 4.86. The summed E-state index contributed by atoms with van der Waals surface area (Å²) in [4.78, 5) is 0. The number of fused-ring (bicyclic) bond motifs is 1. The minimum Gasteiger partial charge on any atom is -0.392 e. The molecule has 0 heterocycles. The molecule has 1 heteroatoms. The van der Waals surface area contributed by atoms with Gasteiger partial charge in [0.25, 0.3) is 0 Å². The van der Waals surface area contributed by atoms with Gasteiger partial charge in [-0.25, -0.2) is 0 Å². The normalized spacial score (nSPS) is 44.9. The van der Waals surface area contributed by atoms with Crippen molar-refractivity contribution in [3.05, 3.63) is 11.6 Å². The molecule has 2 rings (SSSR count). The molecule has 0 bridgehead atoms. The molecule has 2 aliphatic rings. The largest absolute Gasteiger partial charge is 0.392 e. The number of aliphatic hydroxyl groups is 1. The van der Waals surface area contributed by atoms with Crippen LogP contribution in [0.3, 0.4) is 0 Å². The second-order valence-corrected chi connectivity index (χ2v) is 8.50. The number of rotatable bonds is 4. The predicted molar refractivity (Wildman–Crippen MR) is 91.2 cm³/mol. The maximum Gasteiger partial charge on any atom is 0.0636 e. The van der Waals surface area contributed by atoms with Crippen LogP contribution in [-0.4, -0.2) is 11.2 Å². The van der Waals surface area contributed by atoms with Gasteiger partial charge in [-0.2, -0.15) is 0 Å². The first-order valence-corrected chi connectivity index (χ1v) is 9.16. The van der Waals surface area contributed by atoms with Gasteiger partial charge in [0.15, 0.2) is 0 Å². The van der Waals surface area contributed by atoms with E-state index in [2.05, 4.69) is 47.6 Å². The van der Waals surface area contributed by atoms with Gasteiger partial charge in [0, 0.05) is 5.41 Å². The van der Waals surface area contributed by atoms with Crippen LogP contribution in [0, 0.1) is 28.6 Å². The molecule has 6 atom stereocenters. The molecular weight excluding hydrogens is 256 g/mol. The fraction of sp³-hybridized carbons (Fsp3) is 0.900. The van der Waals surface area contributed by atoms with E-state index in [4.69, 9.17) is 0 Å². The Morgan fingerprint density at radius 1 is 1.29 bits per heavy atom. The van der Waals surface area contributed by atoms with Crippen LogP contribution in [0.15, 0.2) is 11.6 Å². The van der Waals surface area contributed by atoms with Crippen molar-refractivity contribution in [3.8, 4) is 0 Å². The first kappa shape index (κ1) is 17.1. The maximum absolute atomic E-state index is 10.8. The number of hydrogen-bond donors (Lipinski definition) is 1. The smallest absolute Gasteiger partial charge is 0.0636 e. The molecule has 1 nitrogen and oxygen atoms in total. The van der Waals surface area contributed by atoms with Crippen LogP contribution in [0.1, 0.15) is 80.1 Å². The Labute approximate surface area is 132 Å². The zero-order valence-corrected chi connectivity index (χ0v) is 15.1. The summed E-state index contributed by atoms with van der Waals surface area (Å²) in [5, 5.41) is 10.8. The highest BCUT2D eigenvalue weighted by Crippen LogP contribution is 2.61. The van der Waals surface area contributed by atoms with Crippen LogP contribution >= 0.6 is 0 Å². The second-order valence-electron chi connectivity index (χ2n) is 8.50. The van der Waals surface area contributed by atoms with Crippen molar-refractivity contribution in [2.24, 2.45) is 28.6 Å². The summed E-state index contributed by atoms with van der Waals surface area (Å²) in [5.74, 6) is 2.00. The second kappa shape index (κ2) is 6.07. The van der Waals surface area contributed by atoms with E-state index < -0.39 is 0 Å². The third-order valence-corrected chi connectivity index (χ3v) is 7.38. The summed E-state index contributed by atoms with van der Waals surface area (Å²) in [6, 6.07) is 0. The molecule has 21 heavy (non-hydrogen) atoms. The van der Waals surface area contributed by atoms with E-state index in [0.29, 0.717) is 11.8 Å². The van der Waals surface area contributed by atoms with Gasteiger partial charge in [0.05, 0.1) is 6.10 Å². The fourth-order valence-electron chi connectivity index (χ4n) is 4.86. The van der Waals surface area contributed by atoms with Gasteiger partial charge in [0.2, 0.25) is 0 Å². The van der Waals surface area contributed by atoms with E-state index in [9.17, 15) is 5.11 Å². The number of allylic oxidation sites excluding steroid dienone is 1. The molecule has 0 spiro atoms. The highest BCUT2D eigenvalue weighted by atomic mass is 16.3. The Kier molecular flexibility index (Phi) is 4.93. The van der Waals surface area contributed by atoms with E-state index in [-0.39, 0.29) is 16.9 Å². The van der Waals surface area contributed by atoms with E-state index in [1.807, 2.05) is 0 Å². The standard InChI is InChI=1S/C20H36O/c1-7-14(2)11-12-19(5)16(4)13-18(21)20(6)15(3)9-8-10-17(19)20/h10,14-16,18,21H,7-9,11-13H2,1-6H3/t14-,15+,16+,18+,19-,20-/m0/s1. The first-order chi connectivity index (χ1) is 9.76. The van der Waals surface area contributed by atoms with Gasteiger partial charge in [-0.15, -0.1) is 0 Å². The molecule has 0 saturated heterocycles. The minimum atomic E-state index is -0.161. The molecule has 0 aliphatic heterocycles. The lowest BCUT2D eigenvalue weighted by Crippen LogP contribution is -2.53. The topological polar surface area (TPSA) is 20.2 Å². The Hall–Kier alpha value is -0.300. The van der Waals surface area contributed by atoms with Gasteiger partial charge < -0.3 is 5.11 Å². The Bertz CT molecular complexity index is 399. The van der Waals surface area contributed by atoms with Crippen molar-refractivity contribution in [3.63, 3.8) is 0 Å². The van der Waals surface area contributed by atoms with Crippen molar-refractivity contribution in [1.82, 2.24) is 0 Å². The minimum absolute atomic E-state index is 0.00889. The third kappa shape index (κ3) is 2.71. The van der Waals surface area contributed by atoms with E-state index in [1.165, 1.54) is 32.1 Å². The van der Waals surface area contributed by atoms with Crippen LogP contribution < -0.4 is 0 Å². The highest BCUT2D eigenvalue weighted by Gasteiger charge is 2.55. The average Bonchev–Trinajstić information content (AvgIpc) is 2.45. The van der Waals surface area contributed by atoms with Gasteiger partial charge in [-0.1, -0.05) is 59.6 Å². The Balaban J connectivity index is 2.33. The highest BCUT2D eigenvalue weighted by molar-refractivity contribution is 5.31. The molecule has 0 aromatic rings. The zero-order valence-electron chi connectivity index (χ0n) is 15.1. The Morgan fingerprint density at radius 3 is 2.57 bits per heavy atom. The van der Waals surface area contributed by atoms with Crippen LogP contribution in [0.2, 0.25) is 0 Å². The summed E-state index contributed by atoms with van der Waals surface area (Å²) in [5.41, 5.74) is 1.88. The Morgan fingerprint density at radius 2 is 1.95 bits per heavy atom. The third-order valence-electron chi connectivity index (χ3n) is 7.38. The van der Waals surface area contributed by atoms with Gasteiger partial charge in [-0.3, -0.25) is 0 Å². The molecule has 1 N–H and O–H groups in total. The van der Waals surface area contributed by atoms with Crippen molar-refractivity contribution >= 4 is 0 Å². The molecule has 0 amide bonds. The van der Waals surface area contributed by atoms with Gasteiger partial charge >= 0.3 is 0 Å². The molecule has 0 radical (unpaired) electrons. The molecule has 122 valence electrons. The van der Waals surface area contributed by atoms with E-state index >= 15 is 0 Å². The molecule has 0 aromatic carbocycles. The molecular formula is C20H36O. The lowest BCUT2D eigenvalue weighted by Gasteiger charge is -2.58. The summed E-state index contributed by atoms with van der Waals surface area (Å²) in [6.45, 7) is 14.2. The summed E-state index contributed by atoms with van der Waals surface area (Å²) < 4.78 is 0. The van der Waals surface area contributed by atoms with E-state index in [1.54, 1.807) is 5.57 Å². The molecule has 1 saturated carbocycles. The SMILES string of the molecule is CC[C@H](C)CC[C@]1(C)C2=CCC[C@@H](C)[C@]2(C)[C@H](O)C[C@H]1C. The molecule has 0 aromatic heterocycles. The van der Waals surface area contributed by atoms with Crippen LogP contribution in [-0.2, 0) is 0 Å². The monoisotopic (exact) mass is 292 g/mol. The summed E-state index contributed by atoms with van der Waals surface area (Å²) in [6.07, 6.45) is 9.60. The lowest BCUT2D eigenvalue weighted by atomic mass is 9.48. The van der Waals surface area contributed by atoms with Crippen molar-refractivity contribution in [1.29, 1.82) is 0 Å². The van der Waals surface area contributed by atoms with Crippen LogP contribution in [0.5, 0.6) is 0 Å². The first-order valence-electron chi connectivity index (χ1n) is 9.16. The van der Waals surface area contributed by atoms with E-state index in [0.717, 1.165) is 12.3 Å². The van der Waals surface area contributed by atoms with Crippen molar-refractivity contribution < 1.29 is 5.11 Å². The van der Waals surface area contributed by atoms with Crippen molar-refractivity contribution in [2.75, 3.05) is 0 Å². The van der Waals surface area contributed by atoms with Crippen LogP contribution in [0.4, 0.5) is 0 Å². The zero-order chi connectivity index (χ0) is 15.8. The predicted octanol–water partition coefficient (Wildman–Crippen LogP) is 5.58. The average molecular weight is 293 g/mol. The number of aliphatic hydroxyl groups excluding tert-OH is 1. The maximum atomic E-state index is 10.8. The lowest BCUT2D eigenvalue weighted by molar-refractivity contribution is -0.0613. The molecule has 0 unspecified atom stereocenters. The van der Waals surface area contributed by atoms with Crippen LogP contribution in [0.25, 0.3) is 0 Å². The molecule has 2 aliphatic carbocycles. The number of hydrogen-bond acceptors (Lipinski definition) is 1. The summed E-state index contributed by atoms with van der Waals surface area (Å²) >= 11 is 0. The summed E-state index contributed by atoms with van der Waals surface area (Å²) in [7, 11) is 0. The van der Waals surface area contributed by atoms with Gasteiger partial charge in [-0.05, 0) is 55.3 Å². The van der Waals surface area contributed by atoms with Gasteiger partial charge in [0.1, 0.15) is 0 Å². The quantitative estimate of drug-likeness (QED) is 0.670.